The molecule has 1 aromatic carbocycles. The zero-order chi connectivity index (χ0) is 12.4. The molecule has 17 heavy (non-hydrogen) atoms. The Labute approximate surface area is 98.6 Å². The zero-order valence-electron chi connectivity index (χ0n) is 9.42. The molecule has 0 bridgehead atoms. The number of nitrogens with zero attached hydrogens (tertiary/aromatic N) is 1. The standard InChI is InChI=1S/C12H13NO4/c1-8(17-7-6-14)13-11(15)9-4-2-3-5-10(9)12(13)16/h2-5,8,14H,6-7H2,1H3. The van der Waals surface area contributed by atoms with Gasteiger partial charge in [0.15, 0.2) is 0 Å². The molecule has 1 aromatic rings. The number of aliphatic hydroxyl groups excluding tert-OH is 1. The summed E-state index contributed by atoms with van der Waals surface area (Å²) >= 11 is 0. The second-order valence-corrected chi connectivity index (χ2v) is 3.72. The van der Waals surface area contributed by atoms with Gasteiger partial charge in [0.05, 0.1) is 24.3 Å². The molecular weight excluding hydrogens is 222 g/mol. The predicted molar refractivity (Wildman–Crippen MR) is 59.4 cm³/mol. The molecule has 0 aromatic heterocycles. The number of amides is 2. The minimum Gasteiger partial charge on any atom is -0.394 e. The van der Waals surface area contributed by atoms with Crippen LogP contribution in [0.4, 0.5) is 0 Å². The number of carbonyl (C=O) groups is 2. The van der Waals surface area contributed by atoms with Crippen molar-refractivity contribution in [2.24, 2.45) is 0 Å². The lowest BCUT2D eigenvalue weighted by molar-refractivity contribution is -0.0332. The molecule has 5 heteroatoms. The van der Waals surface area contributed by atoms with Crippen molar-refractivity contribution >= 4 is 11.8 Å². The normalized spacial score (nSPS) is 16.2. The van der Waals surface area contributed by atoms with Crippen molar-refractivity contribution in [3.8, 4) is 0 Å². The summed E-state index contributed by atoms with van der Waals surface area (Å²) in [5.41, 5.74) is 0.800. The van der Waals surface area contributed by atoms with Crippen LogP contribution in [0.2, 0.25) is 0 Å². The molecule has 1 N–H and O–H groups in total. The average molecular weight is 235 g/mol. The summed E-state index contributed by atoms with van der Waals surface area (Å²) in [5, 5.41) is 8.65. The predicted octanol–water partition coefficient (Wildman–Crippen LogP) is 0.637. The van der Waals surface area contributed by atoms with E-state index in [4.69, 9.17) is 9.84 Å². The lowest BCUT2D eigenvalue weighted by Gasteiger charge is -2.22. The molecule has 5 nitrogen and oxygen atoms in total. The highest BCUT2D eigenvalue weighted by Crippen LogP contribution is 2.24. The molecule has 0 radical (unpaired) electrons. The van der Waals surface area contributed by atoms with Crippen molar-refractivity contribution in [3.63, 3.8) is 0 Å². The first-order valence-electron chi connectivity index (χ1n) is 5.36. The van der Waals surface area contributed by atoms with E-state index >= 15 is 0 Å². The number of hydrogen-bond acceptors (Lipinski definition) is 4. The summed E-state index contributed by atoms with van der Waals surface area (Å²) < 4.78 is 5.18. The highest BCUT2D eigenvalue weighted by atomic mass is 16.5. The Morgan fingerprint density at radius 1 is 1.24 bits per heavy atom. The Morgan fingerprint density at radius 3 is 2.24 bits per heavy atom. The number of fused-ring (bicyclic) bond motifs is 1. The third-order valence-electron chi connectivity index (χ3n) is 2.64. The fourth-order valence-corrected chi connectivity index (χ4v) is 1.84. The van der Waals surface area contributed by atoms with Gasteiger partial charge in [0.2, 0.25) is 0 Å². The van der Waals surface area contributed by atoms with E-state index in [-0.39, 0.29) is 25.0 Å². The van der Waals surface area contributed by atoms with Crippen molar-refractivity contribution in [2.45, 2.75) is 13.2 Å². The molecule has 1 aliphatic rings. The fourth-order valence-electron chi connectivity index (χ4n) is 1.84. The first-order valence-corrected chi connectivity index (χ1v) is 5.36. The largest absolute Gasteiger partial charge is 0.394 e. The first kappa shape index (κ1) is 11.8. The smallest absolute Gasteiger partial charge is 0.263 e. The van der Waals surface area contributed by atoms with Gasteiger partial charge in [-0.2, -0.15) is 0 Å². The van der Waals surface area contributed by atoms with Gasteiger partial charge in [0.1, 0.15) is 6.23 Å². The van der Waals surface area contributed by atoms with Crippen LogP contribution in [0.3, 0.4) is 0 Å². The number of carbonyl (C=O) groups excluding carboxylic acids is 2. The summed E-state index contributed by atoms with van der Waals surface area (Å²) in [6.07, 6.45) is -0.672. The molecule has 2 rings (SSSR count). The zero-order valence-corrected chi connectivity index (χ0v) is 9.42. The number of benzene rings is 1. The minimum absolute atomic E-state index is 0.0918. The van der Waals surface area contributed by atoms with Crippen LogP contribution in [0.1, 0.15) is 27.6 Å². The van der Waals surface area contributed by atoms with Gasteiger partial charge in [0.25, 0.3) is 11.8 Å². The van der Waals surface area contributed by atoms with Crippen LogP contribution in [-0.4, -0.2) is 41.3 Å². The Kier molecular flexibility index (Phi) is 3.21. The van der Waals surface area contributed by atoms with Crippen LogP contribution >= 0.6 is 0 Å². The monoisotopic (exact) mass is 235 g/mol. The van der Waals surface area contributed by atoms with Crippen LogP contribution in [0.25, 0.3) is 0 Å². The summed E-state index contributed by atoms with van der Waals surface area (Å²) in [5.74, 6) is -0.702. The Morgan fingerprint density at radius 2 is 1.76 bits per heavy atom. The van der Waals surface area contributed by atoms with E-state index in [0.717, 1.165) is 4.90 Å². The highest BCUT2D eigenvalue weighted by Gasteiger charge is 2.38. The summed E-state index contributed by atoms with van der Waals surface area (Å²) in [6, 6.07) is 6.67. The number of ether oxygens (including phenoxy) is 1. The second kappa shape index (κ2) is 4.65. The van der Waals surface area contributed by atoms with Gasteiger partial charge < -0.3 is 9.84 Å². The molecule has 0 saturated carbocycles. The maximum absolute atomic E-state index is 12.0. The highest BCUT2D eigenvalue weighted by molar-refractivity contribution is 6.21. The summed E-state index contributed by atoms with van der Waals surface area (Å²) in [6.45, 7) is 1.55. The molecular formula is C12H13NO4. The van der Waals surface area contributed by atoms with E-state index in [2.05, 4.69) is 0 Å². The van der Waals surface area contributed by atoms with Gasteiger partial charge in [-0.1, -0.05) is 12.1 Å². The molecule has 0 fully saturated rings. The molecule has 1 atom stereocenters. The minimum atomic E-state index is -0.672. The van der Waals surface area contributed by atoms with E-state index < -0.39 is 6.23 Å². The number of rotatable bonds is 4. The third kappa shape index (κ3) is 1.94. The Balaban J connectivity index is 2.24. The lowest BCUT2D eigenvalue weighted by Crippen LogP contribution is -2.40. The van der Waals surface area contributed by atoms with Crippen LogP contribution in [0.5, 0.6) is 0 Å². The van der Waals surface area contributed by atoms with Crippen molar-refractivity contribution in [3.05, 3.63) is 35.4 Å². The number of aliphatic hydroxyl groups is 1. The van der Waals surface area contributed by atoms with E-state index in [1.807, 2.05) is 0 Å². The van der Waals surface area contributed by atoms with Gasteiger partial charge in [0, 0.05) is 0 Å². The van der Waals surface area contributed by atoms with E-state index in [9.17, 15) is 9.59 Å². The molecule has 0 aliphatic carbocycles. The average Bonchev–Trinajstić information content (AvgIpc) is 2.60. The van der Waals surface area contributed by atoms with E-state index in [1.165, 1.54) is 0 Å². The first-order chi connectivity index (χ1) is 8.16. The fraction of sp³-hybridized carbons (Fsp3) is 0.333. The molecule has 1 unspecified atom stereocenters. The molecule has 90 valence electrons. The van der Waals surface area contributed by atoms with Crippen molar-refractivity contribution in [2.75, 3.05) is 13.2 Å². The van der Waals surface area contributed by atoms with Gasteiger partial charge >= 0.3 is 0 Å². The molecule has 1 heterocycles. The maximum Gasteiger partial charge on any atom is 0.263 e. The van der Waals surface area contributed by atoms with Crippen LogP contribution in [0, 0.1) is 0 Å². The SMILES string of the molecule is CC(OCCO)N1C(=O)c2ccccc2C1=O. The van der Waals surface area contributed by atoms with Crippen LogP contribution < -0.4 is 0 Å². The Hall–Kier alpha value is -1.72. The Bertz CT molecular complexity index is 423. The quantitative estimate of drug-likeness (QED) is 0.777. The van der Waals surface area contributed by atoms with Crippen molar-refractivity contribution < 1.29 is 19.4 Å². The maximum atomic E-state index is 12.0. The third-order valence-corrected chi connectivity index (χ3v) is 2.64. The number of hydrogen-bond donors (Lipinski definition) is 1. The summed E-state index contributed by atoms with van der Waals surface area (Å²) in [4.78, 5) is 25.0. The van der Waals surface area contributed by atoms with Crippen molar-refractivity contribution in [1.29, 1.82) is 0 Å². The van der Waals surface area contributed by atoms with Gasteiger partial charge in [-0.25, -0.2) is 4.90 Å². The molecule has 1 aliphatic heterocycles. The summed E-state index contributed by atoms with van der Waals surface area (Å²) in [7, 11) is 0. The number of imide groups is 1. The van der Waals surface area contributed by atoms with Crippen molar-refractivity contribution in [1.82, 2.24) is 4.90 Å². The van der Waals surface area contributed by atoms with Crippen LogP contribution in [-0.2, 0) is 4.74 Å². The second-order valence-electron chi connectivity index (χ2n) is 3.72. The molecule has 0 spiro atoms. The lowest BCUT2D eigenvalue weighted by atomic mass is 10.1. The van der Waals surface area contributed by atoms with Gasteiger partial charge in [-0.3, -0.25) is 9.59 Å². The van der Waals surface area contributed by atoms with Gasteiger partial charge in [-0.05, 0) is 19.1 Å². The van der Waals surface area contributed by atoms with E-state index in [0.29, 0.717) is 11.1 Å². The van der Waals surface area contributed by atoms with Gasteiger partial charge in [-0.15, -0.1) is 0 Å². The van der Waals surface area contributed by atoms with Crippen LogP contribution in [0.15, 0.2) is 24.3 Å². The molecule has 0 saturated heterocycles. The van der Waals surface area contributed by atoms with E-state index in [1.54, 1.807) is 31.2 Å². The molecule has 2 amide bonds. The topological polar surface area (TPSA) is 66.8 Å².